The number of methoxy groups -OCH3 is 2. The van der Waals surface area contributed by atoms with Gasteiger partial charge in [0, 0.05) is 17.6 Å². The van der Waals surface area contributed by atoms with E-state index in [9.17, 15) is 9.59 Å². The van der Waals surface area contributed by atoms with E-state index < -0.39 is 5.97 Å². The van der Waals surface area contributed by atoms with E-state index >= 15 is 0 Å². The second kappa shape index (κ2) is 11.0. The van der Waals surface area contributed by atoms with Gasteiger partial charge in [-0.1, -0.05) is 35.9 Å². The summed E-state index contributed by atoms with van der Waals surface area (Å²) in [7, 11) is 3.14. The third kappa shape index (κ3) is 6.63. The molecule has 148 valence electrons. The summed E-state index contributed by atoms with van der Waals surface area (Å²) in [4.78, 5) is 23.5. The van der Waals surface area contributed by atoms with Gasteiger partial charge in [-0.3, -0.25) is 4.79 Å². The molecule has 2 aromatic rings. The van der Waals surface area contributed by atoms with Crippen LogP contribution in [-0.4, -0.2) is 39.2 Å². The minimum Gasteiger partial charge on any atom is -0.493 e. The van der Waals surface area contributed by atoms with Gasteiger partial charge in [-0.15, -0.1) is 0 Å². The lowest BCUT2D eigenvalue weighted by Crippen LogP contribution is -2.30. The summed E-state index contributed by atoms with van der Waals surface area (Å²) in [5.74, 6) is 0.285. The molecule has 6 nitrogen and oxygen atoms in total. The van der Waals surface area contributed by atoms with Crippen molar-refractivity contribution in [2.24, 2.45) is 0 Å². The second-order valence-corrected chi connectivity index (χ2v) is 6.16. The number of carbonyl (C=O) groups is 2. The summed E-state index contributed by atoms with van der Waals surface area (Å²) >= 11 is 6.00. The molecule has 0 heterocycles. The fourth-order valence-corrected chi connectivity index (χ4v) is 2.59. The van der Waals surface area contributed by atoms with Crippen molar-refractivity contribution in [1.82, 2.24) is 5.32 Å². The molecule has 0 aliphatic heterocycles. The average molecular weight is 404 g/mol. The number of benzene rings is 2. The van der Waals surface area contributed by atoms with Crippen LogP contribution in [0.25, 0.3) is 6.08 Å². The molecule has 1 amide bonds. The van der Waals surface area contributed by atoms with Crippen molar-refractivity contribution < 1.29 is 23.8 Å². The standard InChI is InChI=1S/C21H22ClNO5/c1-26-18-9-7-15(13-19(18)27-2)11-12-23-20(24)14-28-21(25)10-8-16-5-3-4-6-17(16)22/h3-10,13H,11-12,14H2,1-2H3,(H,23,24)/b10-8+. The minimum atomic E-state index is -0.616. The molecule has 0 saturated heterocycles. The van der Waals surface area contributed by atoms with Crippen molar-refractivity contribution in [1.29, 1.82) is 0 Å². The molecule has 1 N–H and O–H groups in total. The zero-order valence-electron chi connectivity index (χ0n) is 15.7. The monoisotopic (exact) mass is 403 g/mol. The van der Waals surface area contributed by atoms with Crippen molar-refractivity contribution in [3.8, 4) is 11.5 Å². The van der Waals surface area contributed by atoms with E-state index in [2.05, 4.69) is 5.32 Å². The Hall–Kier alpha value is -2.99. The fourth-order valence-electron chi connectivity index (χ4n) is 2.39. The van der Waals surface area contributed by atoms with Crippen LogP contribution in [0.1, 0.15) is 11.1 Å². The number of nitrogens with one attached hydrogen (secondary N) is 1. The summed E-state index contributed by atoms with van der Waals surface area (Å²) in [5, 5.41) is 3.23. The van der Waals surface area contributed by atoms with E-state index in [0.717, 1.165) is 5.56 Å². The predicted octanol–water partition coefficient (Wildman–Crippen LogP) is 3.27. The Labute approximate surface area is 169 Å². The lowest BCUT2D eigenvalue weighted by atomic mass is 10.1. The summed E-state index contributed by atoms with van der Waals surface area (Å²) in [5.41, 5.74) is 1.68. The number of ether oxygens (including phenoxy) is 3. The van der Waals surface area contributed by atoms with E-state index in [4.69, 9.17) is 25.8 Å². The molecule has 0 bridgehead atoms. The van der Waals surface area contributed by atoms with Gasteiger partial charge in [-0.2, -0.15) is 0 Å². The van der Waals surface area contributed by atoms with Crippen LogP contribution in [-0.2, 0) is 20.7 Å². The lowest BCUT2D eigenvalue weighted by Gasteiger charge is -2.10. The van der Waals surface area contributed by atoms with Crippen LogP contribution in [0.3, 0.4) is 0 Å². The Kier molecular flexibility index (Phi) is 8.37. The first kappa shape index (κ1) is 21.3. The van der Waals surface area contributed by atoms with Crippen molar-refractivity contribution in [2.75, 3.05) is 27.4 Å². The van der Waals surface area contributed by atoms with Crippen LogP contribution in [0.15, 0.2) is 48.5 Å². The summed E-state index contributed by atoms with van der Waals surface area (Å²) < 4.78 is 15.4. The Morgan fingerprint density at radius 2 is 1.82 bits per heavy atom. The largest absolute Gasteiger partial charge is 0.493 e. The lowest BCUT2D eigenvalue weighted by molar-refractivity contribution is -0.143. The Morgan fingerprint density at radius 1 is 1.07 bits per heavy atom. The molecule has 0 atom stereocenters. The quantitative estimate of drug-likeness (QED) is 0.513. The third-order valence-corrected chi connectivity index (χ3v) is 4.18. The maximum Gasteiger partial charge on any atom is 0.331 e. The normalized spacial score (nSPS) is 10.5. The van der Waals surface area contributed by atoms with Gasteiger partial charge < -0.3 is 19.5 Å². The van der Waals surface area contributed by atoms with Crippen molar-refractivity contribution in [2.45, 2.75) is 6.42 Å². The number of carbonyl (C=O) groups excluding carboxylic acids is 2. The molecule has 0 radical (unpaired) electrons. The number of hydrogen-bond acceptors (Lipinski definition) is 5. The molecule has 7 heteroatoms. The van der Waals surface area contributed by atoms with Crippen molar-refractivity contribution in [3.63, 3.8) is 0 Å². The van der Waals surface area contributed by atoms with Crippen LogP contribution >= 0.6 is 11.6 Å². The van der Waals surface area contributed by atoms with Crippen LogP contribution in [0.5, 0.6) is 11.5 Å². The predicted molar refractivity (Wildman–Crippen MR) is 108 cm³/mol. The topological polar surface area (TPSA) is 73.9 Å². The first-order valence-electron chi connectivity index (χ1n) is 8.60. The molecular formula is C21H22ClNO5. The van der Waals surface area contributed by atoms with Crippen LogP contribution in [0, 0.1) is 0 Å². The van der Waals surface area contributed by atoms with E-state index in [1.807, 2.05) is 24.3 Å². The maximum absolute atomic E-state index is 11.8. The Balaban J connectivity index is 1.72. The smallest absolute Gasteiger partial charge is 0.331 e. The van der Waals surface area contributed by atoms with Crippen LogP contribution in [0.2, 0.25) is 5.02 Å². The van der Waals surface area contributed by atoms with Gasteiger partial charge in [0.1, 0.15) is 0 Å². The average Bonchev–Trinajstić information content (AvgIpc) is 2.71. The highest BCUT2D eigenvalue weighted by Gasteiger charge is 2.07. The number of halogens is 1. The van der Waals surface area contributed by atoms with E-state index in [1.165, 1.54) is 6.08 Å². The van der Waals surface area contributed by atoms with Crippen LogP contribution in [0.4, 0.5) is 0 Å². The summed E-state index contributed by atoms with van der Waals surface area (Å²) in [6.07, 6.45) is 3.38. The molecule has 0 aliphatic rings. The molecule has 2 aromatic carbocycles. The number of amides is 1. The molecule has 2 rings (SSSR count). The number of esters is 1. The van der Waals surface area contributed by atoms with E-state index in [0.29, 0.717) is 35.1 Å². The van der Waals surface area contributed by atoms with E-state index in [-0.39, 0.29) is 12.5 Å². The highest BCUT2D eigenvalue weighted by atomic mass is 35.5. The third-order valence-electron chi connectivity index (χ3n) is 3.83. The van der Waals surface area contributed by atoms with Crippen molar-refractivity contribution >= 4 is 29.6 Å². The molecule has 0 aromatic heterocycles. The minimum absolute atomic E-state index is 0.350. The number of rotatable bonds is 9. The van der Waals surface area contributed by atoms with Gasteiger partial charge in [0.05, 0.1) is 14.2 Å². The maximum atomic E-state index is 11.8. The van der Waals surface area contributed by atoms with Gasteiger partial charge in [-0.05, 0) is 41.8 Å². The molecule has 0 spiro atoms. The molecule has 28 heavy (non-hydrogen) atoms. The summed E-state index contributed by atoms with van der Waals surface area (Å²) in [6.45, 7) is 0.0545. The first-order valence-corrected chi connectivity index (χ1v) is 8.98. The Bertz CT molecular complexity index is 850. The fraction of sp³-hybridized carbons (Fsp3) is 0.238. The highest BCUT2D eigenvalue weighted by Crippen LogP contribution is 2.27. The zero-order valence-corrected chi connectivity index (χ0v) is 16.5. The SMILES string of the molecule is COc1ccc(CCNC(=O)COC(=O)/C=C/c2ccccc2Cl)cc1OC. The highest BCUT2D eigenvalue weighted by molar-refractivity contribution is 6.32. The molecule has 0 aliphatic carbocycles. The van der Waals surface area contributed by atoms with Gasteiger partial charge in [-0.25, -0.2) is 4.79 Å². The molecular weight excluding hydrogens is 382 g/mol. The second-order valence-electron chi connectivity index (χ2n) is 5.75. The molecule has 0 fully saturated rings. The number of hydrogen-bond donors (Lipinski definition) is 1. The Morgan fingerprint density at radius 3 is 2.54 bits per heavy atom. The van der Waals surface area contributed by atoms with E-state index in [1.54, 1.807) is 38.5 Å². The van der Waals surface area contributed by atoms with Gasteiger partial charge in [0.2, 0.25) is 0 Å². The van der Waals surface area contributed by atoms with Gasteiger partial charge in [0.25, 0.3) is 5.91 Å². The van der Waals surface area contributed by atoms with Gasteiger partial charge in [0.15, 0.2) is 18.1 Å². The van der Waals surface area contributed by atoms with Crippen LogP contribution < -0.4 is 14.8 Å². The zero-order chi connectivity index (χ0) is 20.4. The van der Waals surface area contributed by atoms with Crippen molar-refractivity contribution in [3.05, 3.63) is 64.7 Å². The molecule has 0 unspecified atom stereocenters. The summed E-state index contributed by atoms with van der Waals surface area (Å²) in [6, 6.07) is 12.7. The van der Waals surface area contributed by atoms with Gasteiger partial charge >= 0.3 is 5.97 Å². The molecule has 0 saturated carbocycles. The first-order chi connectivity index (χ1) is 13.5.